The monoisotopic (exact) mass is 317 g/mol. The minimum absolute atomic E-state index is 0.00697. The van der Waals surface area contributed by atoms with Crippen LogP contribution in [0.2, 0.25) is 0 Å². The molecular weight excluding hydrogens is 312 g/mol. The first-order valence-corrected chi connectivity index (χ1v) is 6.17. The van der Waals surface area contributed by atoms with E-state index in [4.69, 9.17) is 34.8 Å². The Morgan fingerprint density at radius 3 is 2.21 bits per heavy atom. The highest BCUT2D eigenvalue weighted by Crippen LogP contribution is 2.33. The molecule has 19 heavy (non-hydrogen) atoms. The van der Waals surface area contributed by atoms with E-state index >= 15 is 0 Å². The molecule has 2 rings (SSSR count). The second-order valence-corrected chi connectivity index (χ2v) is 5.80. The predicted octanol–water partition coefficient (Wildman–Crippen LogP) is 3.22. The molecule has 98 valence electrons. The summed E-state index contributed by atoms with van der Waals surface area (Å²) in [5.41, 5.74) is 0.415. The summed E-state index contributed by atoms with van der Waals surface area (Å²) in [5, 5.41) is 6.89. The second-order valence-electron chi connectivity index (χ2n) is 3.51. The van der Waals surface area contributed by atoms with Gasteiger partial charge < -0.3 is 0 Å². The fourth-order valence-corrected chi connectivity index (χ4v) is 1.69. The molecule has 0 spiro atoms. The SMILES string of the molecule is O=C1C=C(N(C(=O)C(Cl)(Cl)Cl)c2ccccc2)N=N1. The first-order chi connectivity index (χ1) is 8.89. The summed E-state index contributed by atoms with van der Waals surface area (Å²) in [6, 6.07) is 8.39. The average Bonchev–Trinajstić information content (AvgIpc) is 2.76. The summed E-state index contributed by atoms with van der Waals surface area (Å²) in [6.45, 7) is 0. The summed E-state index contributed by atoms with van der Waals surface area (Å²) in [7, 11) is 0. The van der Waals surface area contributed by atoms with Gasteiger partial charge in [-0.05, 0) is 12.1 Å². The minimum atomic E-state index is -2.17. The standard InChI is InChI=1S/C11H6Cl3N3O2/c12-11(13,14)10(19)17(7-4-2-1-3-5-7)8-6-9(18)16-15-8/h1-6H. The highest BCUT2D eigenvalue weighted by atomic mass is 35.6. The Morgan fingerprint density at radius 2 is 1.74 bits per heavy atom. The van der Waals surface area contributed by atoms with Crippen molar-refractivity contribution in [2.75, 3.05) is 4.90 Å². The summed E-state index contributed by atoms with van der Waals surface area (Å²) in [6.07, 6.45) is 1.08. The first-order valence-electron chi connectivity index (χ1n) is 5.03. The Balaban J connectivity index is 2.46. The molecule has 1 aliphatic heterocycles. The van der Waals surface area contributed by atoms with Gasteiger partial charge >= 0.3 is 0 Å². The van der Waals surface area contributed by atoms with Crippen molar-refractivity contribution in [2.45, 2.75) is 3.79 Å². The summed E-state index contributed by atoms with van der Waals surface area (Å²) in [5.74, 6) is -1.41. The maximum atomic E-state index is 12.1. The van der Waals surface area contributed by atoms with Crippen LogP contribution in [0, 0.1) is 0 Å². The normalized spacial score (nSPS) is 14.5. The van der Waals surface area contributed by atoms with Gasteiger partial charge in [0.05, 0.1) is 11.8 Å². The minimum Gasteiger partial charge on any atom is -0.269 e. The van der Waals surface area contributed by atoms with E-state index in [9.17, 15) is 9.59 Å². The molecule has 1 aromatic carbocycles. The zero-order chi connectivity index (χ0) is 14.0. The molecule has 1 heterocycles. The Hall–Kier alpha value is -1.43. The van der Waals surface area contributed by atoms with Crippen LogP contribution in [0.3, 0.4) is 0 Å². The van der Waals surface area contributed by atoms with Gasteiger partial charge in [0.15, 0.2) is 5.82 Å². The smallest absolute Gasteiger partial charge is 0.269 e. The number of carbonyl (C=O) groups is 2. The number of alkyl halides is 3. The number of halogens is 3. The number of carbonyl (C=O) groups excluding carboxylic acids is 2. The van der Waals surface area contributed by atoms with Crippen LogP contribution < -0.4 is 4.90 Å². The van der Waals surface area contributed by atoms with Crippen LogP contribution in [0.5, 0.6) is 0 Å². The van der Waals surface area contributed by atoms with Crippen molar-refractivity contribution in [3.05, 3.63) is 42.2 Å². The molecule has 0 N–H and O–H groups in total. The van der Waals surface area contributed by atoms with Crippen molar-refractivity contribution in [3.8, 4) is 0 Å². The lowest BCUT2D eigenvalue weighted by Gasteiger charge is -2.24. The molecule has 0 fully saturated rings. The summed E-state index contributed by atoms with van der Waals surface area (Å²) in [4.78, 5) is 24.3. The van der Waals surface area contributed by atoms with Crippen LogP contribution >= 0.6 is 34.8 Å². The van der Waals surface area contributed by atoms with Crippen molar-refractivity contribution >= 4 is 52.3 Å². The lowest BCUT2D eigenvalue weighted by Crippen LogP contribution is -2.38. The van der Waals surface area contributed by atoms with E-state index in [0.717, 1.165) is 11.0 Å². The Bertz CT molecular complexity index is 579. The largest absolute Gasteiger partial charge is 0.292 e. The van der Waals surface area contributed by atoms with Crippen LogP contribution in [0.25, 0.3) is 0 Å². The highest BCUT2D eigenvalue weighted by Gasteiger charge is 2.38. The van der Waals surface area contributed by atoms with E-state index in [-0.39, 0.29) is 5.82 Å². The van der Waals surface area contributed by atoms with Crippen LogP contribution in [0.1, 0.15) is 0 Å². The molecule has 8 heteroatoms. The van der Waals surface area contributed by atoms with Crippen LogP contribution in [0.15, 0.2) is 52.5 Å². The van der Waals surface area contributed by atoms with Gasteiger partial charge in [-0.25, -0.2) is 0 Å². The number of hydrogen-bond acceptors (Lipinski definition) is 3. The van der Waals surface area contributed by atoms with Crippen molar-refractivity contribution in [2.24, 2.45) is 10.2 Å². The number of benzene rings is 1. The third-order valence-corrected chi connectivity index (χ3v) is 2.68. The molecule has 1 aromatic rings. The number of para-hydroxylation sites is 1. The Labute approximate surface area is 123 Å². The lowest BCUT2D eigenvalue weighted by molar-refractivity contribution is -0.117. The van der Waals surface area contributed by atoms with E-state index in [1.54, 1.807) is 30.3 Å². The summed E-state index contributed by atoms with van der Waals surface area (Å²) >= 11 is 16.8. The van der Waals surface area contributed by atoms with Crippen LogP contribution in [-0.2, 0) is 9.59 Å². The third kappa shape index (κ3) is 3.12. The Morgan fingerprint density at radius 1 is 1.11 bits per heavy atom. The van der Waals surface area contributed by atoms with Gasteiger partial charge in [-0.15, -0.1) is 10.2 Å². The molecule has 5 nitrogen and oxygen atoms in total. The molecule has 0 bridgehead atoms. The molecule has 0 saturated heterocycles. The molecule has 0 saturated carbocycles. The van der Waals surface area contributed by atoms with Crippen LogP contribution in [0.4, 0.5) is 5.69 Å². The predicted molar refractivity (Wildman–Crippen MR) is 72.2 cm³/mol. The molecule has 1 aliphatic rings. The fourth-order valence-electron chi connectivity index (χ4n) is 1.44. The van der Waals surface area contributed by atoms with Crippen molar-refractivity contribution < 1.29 is 9.59 Å². The van der Waals surface area contributed by atoms with E-state index < -0.39 is 15.6 Å². The average molecular weight is 319 g/mol. The molecule has 0 radical (unpaired) electrons. The number of nitrogens with zero attached hydrogens (tertiary/aromatic N) is 3. The maximum Gasteiger partial charge on any atom is 0.292 e. The van der Waals surface area contributed by atoms with Gasteiger partial charge in [-0.3, -0.25) is 14.5 Å². The van der Waals surface area contributed by atoms with Gasteiger partial charge in [0.2, 0.25) is 0 Å². The zero-order valence-corrected chi connectivity index (χ0v) is 11.5. The van der Waals surface area contributed by atoms with E-state index in [0.29, 0.717) is 5.69 Å². The third-order valence-electron chi connectivity index (χ3n) is 2.19. The number of azo groups is 1. The second kappa shape index (κ2) is 5.28. The number of rotatable bonds is 2. The molecule has 0 atom stereocenters. The quantitative estimate of drug-likeness (QED) is 0.786. The molecule has 0 unspecified atom stereocenters. The van der Waals surface area contributed by atoms with Gasteiger partial charge in [0, 0.05) is 0 Å². The molecule has 0 aromatic heterocycles. The fraction of sp³-hybridized carbons (Fsp3) is 0.0909. The summed E-state index contributed by atoms with van der Waals surface area (Å²) < 4.78 is -2.17. The molecular formula is C11H6Cl3N3O2. The first kappa shape index (κ1) is 14.0. The van der Waals surface area contributed by atoms with E-state index in [2.05, 4.69) is 10.2 Å². The molecule has 2 amide bonds. The van der Waals surface area contributed by atoms with Gasteiger partial charge in [0.1, 0.15) is 0 Å². The van der Waals surface area contributed by atoms with Crippen LogP contribution in [-0.4, -0.2) is 15.6 Å². The van der Waals surface area contributed by atoms with E-state index in [1.165, 1.54) is 0 Å². The maximum absolute atomic E-state index is 12.1. The van der Waals surface area contributed by atoms with Crippen molar-refractivity contribution in [1.82, 2.24) is 0 Å². The van der Waals surface area contributed by atoms with Crippen molar-refractivity contribution in [3.63, 3.8) is 0 Å². The van der Waals surface area contributed by atoms with E-state index in [1.807, 2.05) is 0 Å². The topological polar surface area (TPSA) is 62.1 Å². The Kier molecular flexibility index (Phi) is 3.89. The van der Waals surface area contributed by atoms with Gasteiger partial charge in [-0.1, -0.05) is 53.0 Å². The van der Waals surface area contributed by atoms with Gasteiger partial charge in [-0.2, -0.15) is 0 Å². The molecule has 0 aliphatic carbocycles. The highest BCUT2D eigenvalue weighted by molar-refractivity contribution is 6.77. The number of anilines is 1. The van der Waals surface area contributed by atoms with Crippen molar-refractivity contribution in [1.29, 1.82) is 0 Å². The number of hydrogen-bond donors (Lipinski definition) is 0. The lowest BCUT2D eigenvalue weighted by atomic mass is 10.3. The zero-order valence-electron chi connectivity index (χ0n) is 9.26. The number of amides is 2. The van der Waals surface area contributed by atoms with Gasteiger partial charge in [0.25, 0.3) is 15.6 Å².